The predicted octanol–water partition coefficient (Wildman–Crippen LogP) is 8.78. The normalized spacial score (nSPS) is 12.8. The molecule has 7 heteroatoms. The first-order valence-corrected chi connectivity index (χ1v) is 16.8. The van der Waals surface area contributed by atoms with Crippen LogP contribution in [0.5, 0.6) is 0 Å². The van der Waals surface area contributed by atoms with Gasteiger partial charge in [-0.25, -0.2) is 9.97 Å². The fraction of sp³-hybridized carbons (Fsp3) is 0.359. The smallest absolute Gasteiger partial charge is 0.223 e. The molecule has 0 fully saturated rings. The Morgan fingerprint density at radius 1 is 0.913 bits per heavy atom. The lowest BCUT2D eigenvalue weighted by molar-refractivity contribution is -0.132. The minimum absolute atomic E-state index is 0.195. The summed E-state index contributed by atoms with van der Waals surface area (Å²) in [6.07, 6.45) is 5.33. The summed E-state index contributed by atoms with van der Waals surface area (Å²) in [5.41, 5.74) is 11.8. The molecule has 0 unspecified atom stereocenters. The van der Waals surface area contributed by atoms with Crippen molar-refractivity contribution >= 4 is 27.8 Å². The second-order valence-electron chi connectivity index (χ2n) is 13.7. The van der Waals surface area contributed by atoms with E-state index in [1.165, 1.54) is 38.9 Å². The Bertz CT molecular complexity index is 2040. The van der Waals surface area contributed by atoms with Gasteiger partial charge in [0.15, 0.2) is 0 Å². The quantitative estimate of drug-likeness (QED) is 0.162. The number of aromatic nitrogens is 5. The Morgan fingerprint density at radius 2 is 1.72 bits per heavy atom. The van der Waals surface area contributed by atoms with Crippen LogP contribution in [0.4, 0.5) is 0 Å². The van der Waals surface area contributed by atoms with Crippen molar-refractivity contribution in [2.75, 3.05) is 6.54 Å². The van der Waals surface area contributed by atoms with Crippen LogP contribution >= 0.6 is 0 Å². The summed E-state index contributed by atoms with van der Waals surface area (Å²) in [5.74, 6) is 2.99. The Labute approximate surface area is 271 Å². The van der Waals surface area contributed by atoms with E-state index in [1.807, 2.05) is 11.1 Å². The maximum absolute atomic E-state index is 12.8. The monoisotopic (exact) mass is 612 g/mol. The Hall–Kier alpha value is -4.65. The van der Waals surface area contributed by atoms with Gasteiger partial charge in [-0.05, 0) is 83.3 Å². The minimum atomic E-state index is 0.195. The molecule has 0 radical (unpaired) electrons. The van der Waals surface area contributed by atoms with E-state index < -0.39 is 0 Å². The number of aromatic amines is 2. The number of hydrogen-bond acceptors (Lipinski definition) is 3. The molecule has 236 valence electrons. The minimum Gasteiger partial charge on any atom is -0.342 e. The summed E-state index contributed by atoms with van der Waals surface area (Å²) in [6, 6.07) is 22.5. The molecule has 7 nitrogen and oxygen atoms in total. The number of benzene rings is 3. The van der Waals surface area contributed by atoms with Gasteiger partial charge in [0, 0.05) is 48.1 Å². The second-order valence-corrected chi connectivity index (χ2v) is 13.7. The standard InChI is InChI=1S/C39H44N6O/c1-6-14-44(39(46)17-25(4)5)23-38-40-22-34(43-38)29-7-10-31-28(19-29)13-15-45-35-12-9-26(18-30(35)21-36(31)45)27-8-11-32-33(20-27)42-37(41-32)16-24(2)3/h7-12,18-22,24-25H,6,13-17,23H2,1-5H3,(H,40,43)(H,41,42). The van der Waals surface area contributed by atoms with Crippen molar-refractivity contribution in [3.8, 4) is 33.6 Å². The van der Waals surface area contributed by atoms with Crippen LogP contribution in [0.2, 0.25) is 0 Å². The zero-order valence-electron chi connectivity index (χ0n) is 27.7. The molecule has 3 aromatic heterocycles. The number of fused-ring (bicyclic) bond motifs is 6. The van der Waals surface area contributed by atoms with Crippen molar-refractivity contribution in [3.63, 3.8) is 0 Å². The van der Waals surface area contributed by atoms with Crippen LogP contribution in [0.25, 0.3) is 55.6 Å². The fourth-order valence-electron chi connectivity index (χ4n) is 6.90. The van der Waals surface area contributed by atoms with E-state index in [-0.39, 0.29) is 5.91 Å². The second kappa shape index (κ2) is 12.3. The van der Waals surface area contributed by atoms with Crippen LogP contribution < -0.4 is 0 Å². The summed E-state index contributed by atoms with van der Waals surface area (Å²) < 4.78 is 2.46. The first-order valence-electron chi connectivity index (χ1n) is 16.8. The van der Waals surface area contributed by atoms with E-state index in [9.17, 15) is 4.79 Å². The molecule has 2 N–H and O–H groups in total. The first-order chi connectivity index (χ1) is 22.2. The van der Waals surface area contributed by atoms with Crippen molar-refractivity contribution in [3.05, 3.63) is 84.1 Å². The molecule has 0 spiro atoms. The number of carbonyl (C=O) groups is 1. The van der Waals surface area contributed by atoms with Gasteiger partial charge >= 0.3 is 0 Å². The van der Waals surface area contributed by atoms with E-state index in [0.717, 1.165) is 66.3 Å². The molecule has 4 heterocycles. The maximum Gasteiger partial charge on any atom is 0.223 e. The Kier molecular flexibility index (Phi) is 8.01. The lowest BCUT2D eigenvalue weighted by Crippen LogP contribution is -2.32. The zero-order chi connectivity index (χ0) is 31.9. The van der Waals surface area contributed by atoms with Gasteiger partial charge in [-0.3, -0.25) is 4.79 Å². The number of H-pyrrole nitrogens is 2. The molecule has 1 aliphatic rings. The molecule has 0 aliphatic carbocycles. The summed E-state index contributed by atoms with van der Waals surface area (Å²) in [4.78, 5) is 31.2. The average molecular weight is 613 g/mol. The molecule has 46 heavy (non-hydrogen) atoms. The number of rotatable bonds is 10. The highest BCUT2D eigenvalue weighted by Gasteiger charge is 2.21. The lowest BCUT2D eigenvalue weighted by Gasteiger charge is -2.22. The van der Waals surface area contributed by atoms with Gasteiger partial charge in [0.05, 0.1) is 29.5 Å². The number of imidazole rings is 2. The van der Waals surface area contributed by atoms with Gasteiger partial charge in [0.1, 0.15) is 11.6 Å². The summed E-state index contributed by atoms with van der Waals surface area (Å²) in [5, 5.41) is 1.26. The lowest BCUT2D eigenvalue weighted by atomic mass is 9.95. The molecule has 0 atom stereocenters. The molecular weight excluding hydrogens is 568 g/mol. The van der Waals surface area contributed by atoms with Crippen LogP contribution in [0, 0.1) is 11.8 Å². The highest BCUT2D eigenvalue weighted by atomic mass is 16.2. The molecule has 1 amide bonds. The van der Waals surface area contributed by atoms with Crippen molar-refractivity contribution in [2.24, 2.45) is 11.8 Å². The predicted molar refractivity (Wildman–Crippen MR) is 187 cm³/mol. The van der Waals surface area contributed by atoms with Gasteiger partial charge < -0.3 is 19.4 Å². The topological polar surface area (TPSA) is 82.6 Å². The largest absolute Gasteiger partial charge is 0.342 e. The number of nitrogens with zero attached hydrogens (tertiary/aromatic N) is 4. The number of amides is 1. The number of nitrogens with one attached hydrogen (secondary N) is 2. The summed E-state index contributed by atoms with van der Waals surface area (Å²) >= 11 is 0. The van der Waals surface area contributed by atoms with Crippen molar-refractivity contribution in [2.45, 2.75) is 73.4 Å². The summed E-state index contributed by atoms with van der Waals surface area (Å²) in [7, 11) is 0. The van der Waals surface area contributed by atoms with Crippen LogP contribution in [-0.4, -0.2) is 41.9 Å². The SMILES string of the molecule is CCCN(Cc1ncc(-c2ccc3c(c2)CCn2c-3cc3cc(-c4ccc5nc(CC(C)C)[nH]c5c4)ccc32)[nH]1)C(=O)CC(C)C. The molecule has 0 saturated heterocycles. The molecular formula is C39H44N6O. The third-order valence-electron chi connectivity index (χ3n) is 9.06. The van der Waals surface area contributed by atoms with Crippen LogP contribution in [-0.2, 0) is 30.7 Å². The van der Waals surface area contributed by atoms with Crippen LogP contribution in [0.1, 0.15) is 64.7 Å². The molecule has 1 aliphatic heterocycles. The molecule has 0 saturated carbocycles. The van der Waals surface area contributed by atoms with Crippen LogP contribution in [0.15, 0.2) is 66.9 Å². The summed E-state index contributed by atoms with van der Waals surface area (Å²) in [6.45, 7) is 12.9. The number of aryl methyl sites for hydroxylation is 2. The highest BCUT2D eigenvalue weighted by molar-refractivity contribution is 5.93. The van der Waals surface area contributed by atoms with Crippen molar-refractivity contribution < 1.29 is 4.79 Å². The van der Waals surface area contributed by atoms with Crippen molar-refractivity contribution in [1.82, 2.24) is 29.4 Å². The van der Waals surface area contributed by atoms with E-state index in [1.54, 1.807) is 0 Å². The number of hydrogen-bond donors (Lipinski definition) is 2. The third kappa shape index (κ3) is 5.86. The van der Waals surface area contributed by atoms with E-state index >= 15 is 0 Å². The molecule has 7 rings (SSSR count). The zero-order valence-corrected chi connectivity index (χ0v) is 27.7. The van der Waals surface area contributed by atoms with E-state index in [2.05, 4.69) is 115 Å². The Morgan fingerprint density at radius 3 is 2.52 bits per heavy atom. The molecule has 0 bridgehead atoms. The fourth-order valence-corrected chi connectivity index (χ4v) is 6.90. The molecule has 6 aromatic rings. The molecule has 3 aromatic carbocycles. The van der Waals surface area contributed by atoms with Crippen LogP contribution in [0.3, 0.4) is 0 Å². The van der Waals surface area contributed by atoms with Gasteiger partial charge in [-0.2, -0.15) is 0 Å². The average Bonchev–Trinajstić information content (AvgIpc) is 3.75. The highest BCUT2D eigenvalue weighted by Crippen LogP contribution is 2.38. The van der Waals surface area contributed by atoms with Crippen molar-refractivity contribution in [1.29, 1.82) is 0 Å². The van der Waals surface area contributed by atoms with E-state index in [0.29, 0.717) is 24.8 Å². The van der Waals surface area contributed by atoms with Gasteiger partial charge in [0.25, 0.3) is 0 Å². The first kappa shape index (κ1) is 30.0. The third-order valence-corrected chi connectivity index (χ3v) is 9.06. The Balaban J connectivity index is 1.13. The number of carbonyl (C=O) groups excluding carboxylic acids is 1. The maximum atomic E-state index is 12.8. The van der Waals surface area contributed by atoms with Gasteiger partial charge in [0.2, 0.25) is 5.91 Å². The van der Waals surface area contributed by atoms with Gasteiger partial charge in [-0.15, -0.1) is 0 Å². The van der Waals surface area contributed by atoms with E-state index in [4.69, 9.17) is 4.98 Å². The van der Waals surface area contributed by atoms with Gasteiger partial charge in [-0.1, -0.05) is 58.9 Å².